The third-order valence-corrected chi connectivity index (χ3v) is 17.1. The number of allylic oxidation sites excluding steroid dienone is 3. The number of likely N-dealkylation sites (N-methyl/N-ethyl adjacent to an activating group) is 1. The molecule has 0 bridgehead atoms. The highest BCUT2D eigenvalue weighted by molar-refractivity contribution is 7.47. The number of carbonyl (C=O) groups excluding carboxylic acids is 1. The molecule has 0 spiro atoms. The molecule has 0 aromatic heterocycles. The highest BCUT2D eigenvalue weighted by atomic mass is 31.2. The predicted molar refractivity (Wildman–Crippen MR) is 342 cm³/mol. The van der Waals surface area contributed by atoms with Crippen LogP contribution in [0.2, 0.25) is 0 Å². The van der Waals surface area contributed by atoms with Gasteiger partial charge in [-0.1, -0.05) is 334 Å². The molecule has 0 rings (SSSR count). The smallest absolute Gasteiger partial charge is 0.387 e. The Morgan fingerprint density at radius 2 is 0.692 bits per heavy atom. The average Bonchev–Trinajstić information content (AvgIpc) is 3.41. The van der Waals surface area contributed by atoms with Gasteiger partial charge in [0.05, 0.1) is 39.9 Å². The van der Waals surface area contributed by atoms with Gasteiger partial charge < -0.3 is 19.8 Å². The summed E-state index contributed by atoms with van der Waals surface area (Å²) in [6, 6.07) is -0.845. The Kier molecular flexibility index (Phi) is 59.8. The summed E-state index contributed by atoms with van der Waals surface area (Å²) in [5.74, 6) is -0.169. The van der Waals surface area contributed by atoms with E-state index in [2.05, 4.69) is 31.3 Å². The van der Waals surface area contributed by atoms with Crippen LogP contribution in [0.4, 0.5) is 0 Å². The summed E-state index contributed by atoms with van der Waals surface area (Å²) < 4.78 is 23.8. The summed E-state index contributed by atoms with van der Waals surface area (Å²) in [6.45, 7) is 4.88. The Labute approximate surface area is 487 Å². The van der Waals surface area contributed by atoms with E-state index in [1.54, 1.807) is 6.08 Å². The van der Waals surface area contributed by atoms with E-state index in [-0.39, 0.29) is 19.1 Å². The van der Waals surface area contributed by atoms with Gasteiger partial charge in [-0.25, -0.2) is 4.57 Å². The second-order valence-corrected chi connectivity index (χ2v) is 26.7. The Morgan fingerprint density at radius 3 is 0.987 bits per heavy atom. The minimum Gasteiger partial charge on any atom is -0.387 e. The lowest BCUT2D eigenvalue weighted by Gasteiger charge is -2.25. The van der Waals surface area contributed by atoms with Crippen molar-refractivity contribution in [2.24, 2.45) is 0 Å². The fraction of sp³-hybridized carbons (Fsp3) is 0.928. The Morgan fingerprint density at radius 1 is 0.423 bits per heavy atom. The number of carbonyl (C=O) groups is 1. The average molecular weight is 1120 g/mol. The van der Waals surface area contributed by atoms with Crippen LogP contribution in [-0.4, -0.2) is 73.4 Å². The SMILES string of the molecule is CCCCCCCCCCCCCC/C=C\CCCCCCCCCCCCCCCCCCCC(=O)NC(COP(=O)(O)OCC[N+](C)(C)C)C(O)/C=C/CCCCCCCCCCCCCCCCCCCCCCC. The minimum atomic E-state index is -4.35. The molecule has 0 aromatic carbocycles. The first-order valence-electron chi connectivity index (χ1n) is 34.7. The van der Waals surface area contributed by atoms with E-state index in [1.807, 2.05) is 27.2 Å². The zero-order chi connectivity index (χ0) is 57.0. The molecule has 0 aromatic rings. The predicted octanol–water partition coefficient (Wildman–Crippen LogP) is 21.9. The van der Waals surface area contributed by atoms with Crippen molar-refractivity contribution in [1.82, 2.24) is 5.32 Å². The number of hydrogen-bond donors (Lipinski definition) is 3. The number of aliphatic hydroxyl groups is 1. The number of phosphoric acid groups is 1. The normalized spacial score (nSPS) is 13.8. The number of unbranched alkanes of at least 4 members (excludes halogenated alkanes) is 50. The third kappa shape index (κ3) is 62.6. The zero-order valence-electron chi connectivity index (χ0n) is 53.2. The third-order valence-electron chi connectivity index (χ3n) is 16.2. The van der Waals surface area contributed by atoms with Gasteiger partial charge in [0.25, 0.3) is 0 Å². The van der Waals surface area contributed by atoms with Crippen molar-refractivity contribution >= 4 is 13.7 Å². The molecule has 0 saturated carbocycles. The molecule has 0 radical (unpaired) electrons. The van der Waals surface area contributed by atoms with Gasteiger partial charge in [0.1, 0.15) is 13.2 Å². The van der Waals surface area contributed by atoms with Crippen molar-refractivity contribution in [2.45, 2.75) is 373 Å². The standard InChI is InChI=1S/C69H137N2O6P/c1-6-8-10-12-14-16-18-20-22-24-26-28-30-31-32-33-34-35-36-37-38-39-41-43-45-47-49-51-53-55-57-59-61-63-69(73)70-67(66-77-78(74,75)76-65-64-71(3,4)5)68(72)62-60-58-56-54-52-50-48-46-44-42-40-29-27-25-23-21-19-17-15-13-11-9-7-2/h31-32,60,62,67-68,72H,6-30,33-59,61,63-66H2,1-5H3,(H-,70,73,74,75)/p+1/b32-31-,62-60+. The highest BCUT2D eigenvalue weighted by Gasteiger charge is 2.28. The molecule has 464 valence electrons. The van der Waals surface area contributed by atoms with Crippen LogP contribution in [0.15, 0.2) is 24.3 Å². The van der Waals surface area contributed by atoms with Crippen LogP contribution in [0.25, 0.3) is 0 Å². The van der Waals surface area contributed by atoms with Crippen LogP contribution in [0.5, 0.6) is 0 Å². The molecule has 3 unspecified atom stereocenters. The molecule has 78 heavy (non-hydrogen) atoms. The molecule has 8 nitrogen and oxygen atoms in total. The van der Waals surface area contributed by atoms with Gasteiger partial charge in [-0.2, -0.15) is 0 Å². The number of aliphatic hydroxyl groups excluding tert-OH is 1. The maximum atomic E-state index is 13.0. The zero-order valence-corrected chi connectivity index (χ0v) is 54.1. The fourth-order valence-corrected chi connectivity index (χ4v) is 11.5. The van der Waals surface area contributed by atoms with Gasteiger partial charge in [0, 0.05) is 6.42 Å². The van der Waals surface area contributed by atoms with Crippen molar-refractivity contribution in [3.8, 4) is 0 Å². The van der Waals surface area contributed by atoms with E-state index in [4.69, 9.17) is 9.05 Å². The van der Waals surface area contributed by atoms with E-state index >= 15 is 0 Å². The first-order chi connectivity index (χ1) is 38.0. The molecule has 0 fully saturated rings. The van der Waals surface area contributed by atoms with Crippen LogP contribution < -0.4 is 5.32 Å². The first-order valence-corrected chi connectivity index (χ1v) is 36.2. The molecule has 0 saturated heterocycles. The van der Waals surface area contributed by atoms with Gasteiger partial charge in [0.15, 0.2) is 0 Å². The Hall–Kier alpha value is -1.02. The van der Waals surface area contributed by atoms with Gasteiger partial charge >= 0.3 is 7.82 Å². The molecule has 9 heteroatoms. The summed E-state index contributed by atoms with van der Waals surface area (Å²) in [7, 11) is 1.59. The second kappa shape index (κ2) is 60.6. The van der Waals surface area contributed by atoms with Crippen LogP contribution in [0, 0.1) is 0 Å². The van der Waals surface area contributed by atoms with Crippen molar-refractivity contribution in [1.29, 1.82) is 0 Å². The number of nitrogens with zero attached hydrogens (tertiary/aromatic N) is 1. The van der Waals surface area contributed by atoms with Crippen LogP contribution in [-0.2, 0) is 18.4 Å². The van der Waals surface area contributed by atoms with Gasteiger partial charge in [-0.15, -0.1) is 0 Å². The molecule has 3 N–H and O–H groups in total. The van der Waals surface area contributed by atoms with Crippen molar-refractivity contribution in [3.63, 3.8) is 0 Å². The lowest BCUT2D eigenvalue weighted by Crippen LogP contribution is -2.45. The number of nitrogens with one attached hydrogen (secondary N) is 1. The van der Waals surface area contributed by atoms with Crippen LogP contribution >= 0.6 is 7.82 Å². The number of quaternary nitrogens is 1. The minimum absolute atomic E-state index is 0.0642. The summed E-state index contributed by atoms with van der Waals surface area (Å²) >= 11 is 0. The Bertz CT molecular complexity index is 1320. The van der Waals surface area contributed by atoms with E-state index in [9.17, 15) is 19.4 Å². The van der Waals surface area contributed by atoms with Crippen molar-refractivity contribution in [2.75, 3.05) is 40.9 Å². The fourth-order valence-electron chi connectivity index (χ4n) is 10.7. The summed E-state index contributed by atoms with van der Waals surface area (Å²) in [4.78, 5) is 23.4. The summed E-state index contributed by atoms with van der Waals surface area (Å²) in [6.07, 6.45) is 79.0. The largest absolute Gasteiger partial charge is 0.472 e. The van der Waals surface area contributed by atoms with Crippen molar-refractivity contribution in [3.05, 3.63) is 24.3 Å². The maximum absolute atomic E-state index is 13.0. The quantitative estimate of drug-likeness (QED) is 0.0243. The highest BCUT2D eigenvalue weighted by Crippen LogP contribution is 2.43. The molecule has 0 aliphatic rings. The lowest BCUT2D eigenvalue weighted by molar-refractivity contribution is -0.870. The number of hydrogen-bond acceptors (Lipinski definition) is 5. The topological polar surface area (TPSA) is 105 Å². The van der Waals surface area contributed by atoms with Gasteiger partial charge in [-0.05, 0) is 44.9 Å². The monoisotopic (exact) mass is 1120 g/mol. The molecular weight excluding hydrogens is 984 g/mol. The second-order valence-electron chi connectivity index (χ2n) is 25.3. The molecule has 0 heterocycles. The molecular formula is C69H138N2O6P+. The molecule has 1 amide bonds. The van der Waals surface area contributed by atoms with E-state index in [0.717, 1.165) is 32.1 Å². The van der Waals surface area contributed by atoms with E-state index in [0.29, 0.717) is 17.4 Å². The summed E-state index contributed by atoms with van der Waals surface area (Å²) in [5.41, 5.74) is 0. The maximum Gasteiger partial charge on any atom is 0.472 e. The number of amides is 1. The van der Waals surface area contributed by atoms with Gasteiger partial charge in [-0.3, -0.25) is 13.8 Å². The molecule has 0 aliphatic heterocycles. The number of rotatable bonds is 65. The molecule has 3 atom stereocenters. The molecule has 0 aliphatic carbocycles. The number of phosphoric ester groups is 1. The van der Waals surface area contributed by atoms with Crippen molar-refractivity contribution < 1.29 is 32.9 Å². The summed E-state index contributed by atoms with van der Waals surface area (Å²) in [5, 5.41) is 14.0. The van der Waals surface area contributed by atoms with E-state index in [1.165, 1.54) is 308 Å². The lowest BCUT2D eigenvalue weighted by atomic mass is 10.0. The van der Waals surface area contributed by atoms with E-state index < -0.39 is 20.0 Å². The van der Waals surface area contributed by atoms with Crippen LogP contribution in [0.1, 0.15) is 361 Å². The van der Waals surface area contributed by atoms with Crippen LogP contribution in [0.3, 0.4) is 0 Å². The Balaban J connectivity index is 4.02. The van der Waals surface area contributed by atoms with Gasteiger partial charge in [0.2, 0.25) is 5.91 Å². The first kappa shape index (κ1) is 77.0.